The number of hydrogen-bond acceptors (Lipinski definition) is 2. The predicted octanol–water partition coefficient (Wildman–Crippen LogP) is 3.24. The molecule has 0 aromatic carbocycles. The lowest BCUT2D eigenvalue weighted by atomic mass is 9.90. The van der Waals surface area contributed by atoms with Gasteiger partial charge in [-0.05, 0) is 25.3 Å². The zero-order chi connectivity index (χ0) is 13.9. The number of aromatic amines is 1. The summed E-state index contributed by atoms with van der Waals surface area (Å²) in [6.45, 7) is 6.47. The zero-order valence-corrected chi connectivity index (χ0v) is 13.5. The monoisotopic (exact) mass is 327 g/mol. The number of rotatable bonds is 5. The van der Waals surface area contributed by atoms with E-state index in [1.54, 1.807) is 0 Å². The van der Waals surface area contributed by atoms with Crippen molar-refractivity contribution in [2.45, 2.75) is 32.7 Å². The molecule has 1 amide bonds. The van der Waals surface area contributed by atoms with E-state index in [1.807, 2.05) is 6.92 Å². The first-order valence-corrected chi connectivity index (χ1v) is 6.59. The molecule has 4 N–H and O–H groups in total. The number of carbonyl (C=O) groups is 1. The average molecular weight is 329 g/mol. The summed E-state index contributed by atoms with van der Waals surface area (Å²) in [6.07, 6.45) is 0.803. The van der Waals surface area contributed by atoms with Gasteiger partial charge in [0.25, 0.3) is 5.91 Å². The summed E-state index contributed by atoms with van der Waals surface area (Å²) in [5.74, 6) is 0.187. The van der Waals surface area contributed by atoms with Crippen LogP contribution in [0.2, 0.25) is 10.2 Å². The van der Waals surface area contributed by atoms with Crippen LogP contribution in [0, 0.1) is 5.92 Å². The fourth-order valence-corrected chi connectivity index (χ4v) is 2.27. The summed E-state index contributed by atoms with van der Waals surface area (Å²) in [5.41, 5.74) is 5.65. The molecule has 0 aliphatic heterocycles. The molecule has 0 saturated carbocycles. The highest BCUT2D eigenvalue weighted by atomic mass is 35.5. The molecule has 4 nitrogen and oxygen atoms in total. The standard InChI is InChI=1S/C12H19Cl2N3O.ClH/c1-7(2)5-12(3,6-15)17-11(18)9-4-8(13)10(14)16-9;/h4,7,16H,5-6,15H2,1-3H3,(H,17,18);1H. The van der Waals surface area contributed by atoms with Crippen LogP contribution < -0.4 is 11.1 Å². The van der Waals surface area contributed by atoms with E-state index >= 15 is 0 Å². The molecule has 0 radical (unpaired) electrons. The van der Waals surface area contributed by atoms with Crippen LogP contribution in [0.25, 0.3) is 0 Å². The summed E-state index contributed by atoms with van der Waals surface area (Å²) in [6, 6.07) is 1.51. The highest BCUT2D eigenvalue weighted by molar-refractivity contribution is 6.41. The molecule has 0 spiro atoms. The van der Waals surface area contributed by atoms with E-state index in [9.17, 15) is 4.79 Å². The van der Waals surface area contributed by atoms with Gasteiger partial charge in [-0.25, -0.2) is 0 Å². The van der Waals surface area contributed by atoms with E-state index in [2.05, 4.69) is 24.1 Å². The maximum Gasteiger partial charge on any atom is 0.268 e. The smallest absolute Gasteiger partial charge is 0.268 e. The van der Waals surface area contributed by atoms with E-state index in [1.165, 1.54) is 6.07 Å². The van der Waals surface area contributed by atoms with Crippen LogP contribution in [0.4, 0.5) is 0 Å². The van der Waals surface area contributed by atoms with Crippen LogP contribution in [-0.4, -0.2) is 23.0 Å². The molecule has 1 aromatic heterocycles. The van der Waals surface area contributed by atoms with Crippen molar-refractivity contribution in [3.63, 3.8) is 0 Å². The van der Waals surface area contributed by atoms with E-state index in [0.29, 0.717) is 23.2 Å². The number of amides is 1. The van der Waals surface area contributed by atoms with Gasteiger partial charge in [0.05, 0.1) is 10.6 Å². The molecule has 0 bridgehead atoms. The maximum absolute atomic E-state index is 12.1. The van der Waals surface area contributed by atoms with Crippen molar-refractivity contribution in [1.29, 1.82) is 0 Å². The Morgan fingerprint density at radius 3 is 2.47 bits per heavy atom. The maximum atomic E-state index is 12.1. The number of nitrogens with two attached hydrogens (primary N) is 1. The Labute approximate surface area is 129 Å². The number of hydrogen-bond donors (Lipinski definition) is 3. The zero-order valence-electron chi connectivity index (χ0n) is 11.2. The van der Waals surface area contributed by atoms with Gasteiger partial charge in [0, 0.05) is 6.54 Å². The molecule has 1 rings (SSSR count). The van der Waals surface area contributed by atoms with Gasteiger partial charge >= 0.3 is 0 Å². The van der Waals surface area contributed by atoms with Crippen molar-refractivity contribution in [1.82, 2.24) is 10.3 Å². The van der Waals surface area contributed by atoms with Gasteiger partial charge in [-0.2, -0.15) is 0 Å². The first kappa shape index (κ1) is 18.6. The topological polar surface area (TPSA) is 70.9 Å². The van der Waals surface area contributed by atoms with Crippen LogP contribution >= 0.6 is 35.6 Å². The Kier molecular flexibility index (Phi) is 7.22. The quantitative estimate of drug-likeness (QED) is 0.776. The van der Waals surface area contributed by atoms with Gasteiger partial charge in [-0.1, -0.05) is 37.0 Å². The Balaban J connectivity index is 0.00000324. The third kappa shape index (κ3) is 5.22. The van der Waals surface area contributed by atoms with Crippen molar-refractivity contribution in [3.05, 3.63) is 21.9 Å². The van der Waals surface area contributed by atoms with Gasteiger partial charge < -0.3 is 16.0 Å². The van der Waals surface area contributed by atoms with Gasteiger partial charge in [0.15, 0.2) is 0 Å². The minimum absolute atomic E-state index is 0. The molecular weight excluding hydrogens is 309 g/mol. The molecular formula is C12H20Cl3N3O. The molecule has 19 heavy (non-hydrogen) atoms. The third-order valence-corrected chi connectivity index (χ3v) is 3.39. The highest BCUT2D eigenvalue weighted by Gasteiger charge is 2.27. The molecule has 1 heterocycles. The lowest BCUT2D eigenvalue weighted by Gasteiger charge is -2.31. The lowest BCUT2D eigenvalue weighted by Crippen LogP contribution is -2.52. The van der Waals surface area contributed by atoms with Crippen molar-refractivity contribution in [2.24, 2.45) is 11.7 Å². The van der Waals surface area contributed by atoms with E-state index in [-0.39, 0.29) is 23.5 Å². The van der Waals surface area contributed by atoms with Crippen molar-refractivity contribution >= 4 is 41.5 Å². The van der Waals surface area contributed by atoms with E-state index < -0.39 is 5.54 Å². The average Bonchev–Trinajstić information content (AvgIpc) is 2.58. The molecule has 0 saturated heterocycles. The molecule has 1 unspecified atom stereocenters. The van der Waals surface area contributed by atoms with E-state index in [0.717, 1.165) is 6.42 Å². The van der Waals surface area contributed by atoms with Crippen LogP contribution in [0.1, 0.15) is 37.7 Å². The molecule has 1 atom stereocenters. The lowest BCUT2D eigenvalue weighted by molar-refractivity contribution is 0.0893. The second-order valence-corrected chi connectivity index (χ2v) is 5.95. The van der Waals surface area contributed by atoms with Crippen LogP contribution in [0.5, 0.6) is 0 Å². The van der Waals surface area contributed by atoms with Gasteiger partial charge in [-0.15, -0.1) is 12.4 Å². The Morgan fingerprint density at radius 1 is 1.53 bits per heavy atom. The van der Waals surface area contributed by atoms with Gasteiger partial charge in [0.2, 0.25) is 0 Å². The van der Waals surface area contributed by atoms with Crippen molar-refractivity contribution in [3.8, 4) is 0 Å². The van der Waals surface area contributed by atoms with Crippen LogP contribution in [0.3, 0.4) is 0 Å². The highest BCUT2D eigenvalue weighted by Crippen LogP contribution is 2.22. The summed E-state index contributed by atoms with van der Waals surface area (Å²) >= 11 is 11.6. The molecule has 0 aliphatic carbocycles. The number of aromatic nitrogens is 1. The summed E-state index contributed by atoms with van der Waals surface area (Å²) in [5, 5.41) is 3.52. The van der Waals surface area contributed by atoms with Crippen LogP contribution in [-0.2, 0) is 0 Å². The minimum Gasteiger partial charge on any atom is -0.344 e. The minimum atomic E-state index is -0.435. The SMILES string of the molecule is CC(C)CC(C)(CN)NC(=O)c1cc(Cl)c(Cl)[nH]1.Cl. The van der Waals surface area contributed by atoms with Gasteiger partial charge in [-0.3, -0.25) is 4.79 Å². The largest absolute Gasteiger partial charge is 0.344 e. The summed E-state index contributed by atoms with van der Waals surface area (Å²) < 4.78 is 0. The molecule has 7 heteroatoms. The first-order chi connectivity index (χ1) is 8.27. The van der Waals surface area contributed by atoms with Gasteiger partial charge in [0.1, 0.15) is 10.8 Å². The second-order valence-electron chi connectivity index (χ2n) is 5.16. The molecule has 0 fully saturated rings. The Bertz CT molecular complexity index is 414. The summed E-state index contributed by atoms with van der Waals surface area (Å²) in [7, 11) is 0. The van der Waals surface area contributed by atoms with Crippen LogP contribution in [0.15, 0.2) is 6.07 Å². The number of nitrogens with one attached hydrogen (secondary N) is 2. The fourth-order valence-electron chi connectivity index (χ4n) is 1.95. The second kappa shape index (κ2) is 7.39. The Morgan fingerprint density at radius 2 is 2.11 bits per heavy atom. The normalized spacial score (nSPS) is 13.8. The molecule has 1 aromatic rings. The van der Waals surface area contributed by atoms with E-state index in [4.69, 9.17) is 28.9 Å². The number of carbonyl (C=O) groups excluding carboxylic acids is 1. The van der Waals surface area contributed by atoms with Crippen molar-refractivity contribution in [2.75, 3.05) is 6.54 Å². The van der Waals surface area contributed by atoms with Crippen molar-refractivity contribution < 1.29 is 4.79 Å². The fraction of sp³-hybridized carbons (Fsp3) is 0.583. The first-order valence-electron chi connectivity index (χ1n) is 5.84. The number of halogens is 3. The molecule has 110 valence electrons. The summed E-state index contributed by atoms with van der Waals surface area (Å²) in [4.78, 5) is 14.8. The molecule has 0 aliphatic rings. The predicted molar refractivity (Wildman–Crippen MR) is 82.4 cm³/mol. The number of H-pyrrole nitrogens is 1. The Hall–Kier alpha value is -0.420. The third-order valence-electron chi connectivity index (χ3n) is 2.69.